The van der Waals surface area contributed by atoms with Crippen molar-refractivity contribution in [1.29, 1.82) is 0 Å². The number of benzene rings is 2. The van der Waals surface area contributed by atoms with E-state index in [0.717, 1.165) is 14.5 Å². The number of esters is 1. The van der Waals surface area contributed by atoms with Crippen LogP contribution in [-0.2, 0) is 9.53 Å². The SMILES string of the molecule is COC(=O)C(c1cccc(F)c1)n1cc2ccc(I)cc2n1. The molecule has 0 amide bonds. The van der Waals surface area contributed by atoms with Crippen LogP contribution in [0.1, 0.15) is 11.6 Å². The number of ether oxygens (including phenoxy) is 1. The van der Waals surface area contributed by atoms with Gasteiger partial charge in [0.05, 0.1) is 12.6 Å². The molecule has 0 spiro atoms. The maximum Gasteiger partial charge on any atom is 0.335 e. The van der Waals surface area contributed by atoms with Crippen molar-refractivity contribution < 1.29 is 13.9 Å². The molecular weight excluding hydrogens is 398 g/mol. The quantitative estimate of drug-likeness (QED) is 0.490. The van der Waals surface area contributed by atoms with Crippen LogP contribution in [0.5, 0.6) is 0 Å². The summed E-state index contributed by atoms with van der Waals surface area (Å²) < 4.78 is 20.9. The van der Waals surface area contributed by atoms with Crippen molar-refractivity contribution in [3.05, 3.63) is 63.6 Å². The molecule has 0 fully saturated rings. The molecule has 0 saturated heterocycles. The molecule has 0 radical (unpaired) electrons. The third-order valence-electron chi connectivity index (χ3n) is 3.34. The fourth-order valence-electron chi connectivity index (χ4n) is 2.33. The van der Waals surface area contributed by atoms with Gasteiger partial charge in [0.25, 0.3) is 0 Å². The van der Waals surface area contributed by atoms with E-state index in [9.17, 15) is 9.18 Å². The van der Waals surface area contributed by atoms with E-state index in [1.54, 1.807) is 18.3 Å². The zero-order valence-electron chi connectivity index (χ0n) is 11.7. The van der Waals surface area contributed by atoms with E-state index in [1.165, 1.54) is 23.9 Å². The Balaban J connectivity index is 2.13. The van der Waals surface area contributed by atoms with E-state index in [1.807, 2.05) is 18.2 Å². The summed E-state index contributed by atoms with van der Waals surface area (Å²) in [5, 5.41) is 5.35. The minimum Gasteiger partial charge on any atom is -0.467 e. The second kappa shape index (κ2) is 6.04. The Morgan fingerprint density at radius 3 is 2.86 bits per heavy atom. The first kappa shape index (κ1) is 15.0. The lowest BCUT2D eigenvalue weighted by atomic mass is 10.1. The highest BCUT2D eigenvalue weighted by molar-refractivity contribution is 14.1. The van der Waals surface area contributed by atoms with Crippen LogP contribution in [0, 0.1) is 9.39 Å². The Morgan fingerprint density at radius 2 is 2.14 bits per heavy atom. The number of rotatable bonds is 3. The van der Waals surface area contributed by atoms with Crippen molar-refractivity contribution in [3.63, 3.8) is 0 Å². The number of hydrogen-bond donors (Lipinski definition) is 0. The van der Waals surface area contributed by atoms with Gasteiger partial charge in [0.15, 0.2) is 6.04 Å². The Labute approximate surface area is 140 Å². The average molecular weight is 410 g/mol. The highest BCUT2D eigenvalue weighted by atomic mass is 127. The van der Waals surface area contributed by atoms with Gasteiger partial charge in [-0.2, -0.15) is 5.10 Å². The number of fused-ring (bicyclic) bond motifs is 1. The van der Waals surface area contributed by atoms with Crippen LogP contribution in [0.3, 0.4) is 0 Å². The zero-order chi connectivity index (χ0) is 15.7. The second-order valence-electron chi connectivity index (χ2n) is 4.79. The third-order valence-corrected chi connectivity index (χ3v) is 4.01. The molecule has 3 aromatic rings. The van der Waals surface area contributed by atoms with Gasteiger partial charge >= 0.3 is 5.97 Å². The lowest BCUT2D eigenvalue weighted by Gasteiger charge is -2.15. The van der Waals surface area contributed by atoms with Crippen LogP contribution in [0.15, 0.2) is 48.7 Å². The number of aromatic nitrogens is 2. The molecule has 6 heteroatoms. The first-order valence-electron chi connectivity index (χ1n) is 6.56. The lowest BCUT2D eigenvalue weighted by molar-refractivity contribution is -0.143. The van der Waals surface area contributed by atoms with Crippen LogP contribution in [0.4, 0.5) is 4.39 Å². The van der Waals surface area contributed by atoms with Gasteiger partial charge < -0.3 is 4.74 Å². The van der Waals surface area contributed by atoms with Crippen LogP contribution < -0.4 is 0 Å². The van der Waals surface area contributed by atoms with Gasteiger partial charge in [0.2, 0.25) is 0 Å². The van der Waals surface area contributed by atoms with Crippen LogP contribution in [0.2, 0.25) is 0 Å². The van der Waals surface area contributed by atoms with Gasteiger partial charge in [-0.05, 0) is 52.4 Å². The number of hydrogen-bond acceptors (Lipinski definition) is 3. The number of nitrogens with zero attached hydrogens (tertiary/aromatic N) is 2. The molecule has 1 atom stereocenters. The van der Waals surface area contributed by atoms with Crippen molar-refractivity contribution in [2.45, 2.75) is 6.04 Å². The molecule has 22 heavy (non-hydrogen) atoms. The standard InChI is InChI=1S/C16H12FIN2O2/c1-22-16(21)15(10-3-2-4-12(17)7-10)20-9-11-5-6-13(18)8-14(11)19-20/h2-9,15H,1H3. The number of methoxy groups -OCH3 is 1. The fourth-order valence-corrected chi connectivity index (χ4v) is 2.80. The molecule has 0 N–H and O–H groups in total. The summed E-state index contributed by atoms with van der Waals surface area (Å²) in [5.41, 5.74) is 1.27. The molecule has 1 unspecified atom stereocenters. The van der Waals surface area contributed by atoms with E-state index >= 15 is 0 Å². The normalized spacial score (nSPS) is 12.3. The van der Waals surface area contributed by atoms with Crippen LogP contribution >= 0.6 is 22.6 Å². The Bertz CT molecular complexity index is 847. The minimum atomic E-state index is -0.814. The predicted molar refractivity (Wildman–Crippen MR) is 89.0 cm³/mol. The largest absolute Gasteiger partial charge is 0.467 e. The summed E-state index contributed by atoms with van der Waals surface area (Å²) in [6, 6.07) is 10.9. The van der Waals surface area contributed by atoms with Gasteiger partial charge in [0, 0.05) is 15.2 Å². The van der Waals surface area contributed by atoms with Crippen molar-refractivity contribution >= 4 is 39.5 Å². The summed E-state index contributed by atoms with van der Waals surface area (Å²) in [4.78, 5) is 12.2. The number of halogens is 2. The van der Waals surface area contributed by atoms with E-state index in [4.69, 9.17) is 4.74 Å². The Morgan fingerprint density at radius 1 is 1.32 bits per heavy atom. The van der Waals surface area contributed by atoms with Gasteiger partial charge in [-0.1, -0.05) is 18.2 Å². The predicted octanol–water partition coefficient (Wildman–Crippen LogP) is 3.54. The van der Waals surface area contributed by atoms with Gasteiger partial charge in [-0.3, -0.25) is 4.68 Å². The third kappa shape index (κ3) is 2.83. The smallest absolute Gasteiger partial charge is 0.335 e. The lowest BCUT2D eigenvalue weighted by Crippen LogP contribution is -2.22. The van der Waals surface area contributed by atoms with Gasteiger partial charge in [0.1, 0.15) is 5.82 Å². The van der Waals surface area contributed by atoms with E-state index in [0.29, 0.717) is 5.56 Å². The molecule has 1 aromatic heterocycles. The topological polar surface area (TPSA) is 44.1 Å². The van der Waals surface area contributed by atoms with E-state index in [2.05, 4.69) is 27.7 Å². The van der Waals surface area contributed by atoms with Crippen molar-refractivity contribution in [2.24, 2.45) is 0 Å². The van der Waals surface area contributed by atoms with Gasteiger partial charge in [-0.25, -0.2) is 9.18 Å². The summed E-state index contributed by atoms with van der Waals surface area (Å²) in [5.74, 6) is -0.897. The molecule has 0 aliphatic heterocycles. The molecule has 0 bridgehead atoms. The van der Waals surface area contributed by atoms with Crippen molar-refractivity contribution in [1.82, 2.24) is 9.78 Å². The monoisotopic (exact) mass is 410 g/mol. The summed E-state index contributed by atoms with van der Waals surface area (Å²) in [7, 11) is 1.31. The number of carbonyl (C=O) groups excluding carboxylic acids is 1. The van der Waals surface area contributed by atoms with Crippen LogP contribution in [-0.4, -0.2) is 22.9 Å². The maximum atomic E-state index is 13.5. The summed E-state index contributed by atoms with van der Waals surface area (Å²) >= 11 is 2.20. The molecule has 0 saturated carbocycles. The van der Waals surface area contributed by atoms with E-state index < -0.39 is 17.8 Å². The molecule has 112 valence electrons. The van der Waals surface area contributed by atoms with Crippen molar-refractivity contribution in [3.8, 4) is 0 Å². The molecule has 0 aliphatic carbocycles. The molecule has 3 rings (SSSR count). The Kier molecular flexibility index (Phi) is 4.10. The molecule has 4 nitrogen and oxygen atoms in total. The van der Waals surface area contributed by atoms with Crippen LogP contribution in [0.25, 0.3) is 10.9 Å². The number of carbonyl (C=O) groups is 1. The molecular formula is C16H12FIN2O2. The second-order valence-corrected chi connectivity index (χ2v) is 6.04. The average Bonchev–Trinajstić information content (AvgIpc) is 2.89. The highest BCUT2D eigenvalue weighted by Gasteiger charge is 2.25. The Hall–Kier alpha value is -1.96. The first-order chi connectivity index (χ1) is 10.6. The summed E-state index contributed by atoms with van der Waals surface area (Å²) in [6.07, 6.45) is 1.76. The maximum absolute atomic E-state index is 13.5. The zero-order valence-corrected chi connectivity index (χ0v) is 13.8. The molecule has 2 aromatic carbocycles. The molecule has 1 heterocycles. The van der Waals surface area contributed by atoms with E-state index in [-0.39, 0.29) is 0 Å². The summed E-state index contributed by atoms with van der Waals surface area (Å²) in [6.45, 7) is 0. The molecule has 0 aliphatic rings. The minimum absolute atomic E-state index is 0.405. The fraction of sp³-hybridized carbons (Fsp3) is 0.125. The van der Waals surface area contributed by atoms with Gasteiger partial charge in [-0.15, -0.1) is 0 Å². The van der Waals surface area contributed by atoms with Crippen molar-refractivity contribution in [2.75, 3.05) is 7.11 Å². The highest BCUT2D eigenvalue weighted by Crippen LogP contribution is 2.24. The first-order valence-corrected chi connectivity index (χ1v) is 7.64.